The molecule has 6 nitrogen and oxygen atoms in total. The van der Waals surface area contributed by atoms with Crippen LogP contribution < -0.4 is 0 Å². The van der Waals surface area contributed by atoms with Gasteiger partial charge in [-0.2, -0.15) is 13.2 Å². The molecule has 9 heteroatoms. The molecule has 2 aliphatic heterocycles. The van der Waals surface area contributed by atoms with Crippen molar-refractivity contribution in [2.45, 2.75) is 37.3 Å². The van der Waals surface area contributed by atoms with E-state index in [0.717, 1.165) is 12.1 Å². The number of benzene rings is 1. The van der Waals surface area contributed by atoms with Crippen LogP contribution in [0.2, 0.25) is 0 Å². The van der Waals surface area contributed by atoms with Gasteiger partial charge in [0.25, 0.3) is 5.91 Å². The fourth-order valence-corrected chi connectivity index (χ4v) is 3.14. The average molecular weight is 373 g/mol. The van der Waals surface area contributed by atoms with Crippen molar-refractivity contribution in [2.75, 3.05) is 19.7 Å². The maximum atomic E-state index is 12.7. The third-order valence-corrected chi connectivity index (χ3v) is 4.56. The van der Waals surface area contributed by atoms with Crippen LogP contribution in [-0.4, -0.2) is 53.8 Å². The number of hydrogen-bond donors (Lipinski definition) is 1. The van der Waals surface area contributed by atoms with Crippen LogP contribution in [0.3, 0.4) is 0 Å². The van der Waals surface area contributed by atoms with Gasteiger partial charge in [-0.05, 0) is 30.5 Å². The highest BCUT2D eigenvalue weighted by Crippen LogP contribution is 2.31. The van der Waals surface area contributed by atoms with E-state index in [-0.39, 0.29) is 25.5 Å². The number of amides is 1. The van der Waals surface area contributed by atoms with Crippen molar-refractivity contribution < 1.29 is 37.3 Å². The van der Waals surface area contributed by atoms with E-state index in [1.807, 2.05) is 0 Å². The standard InChI is InChI=1S/C17H18F3NO5/c18-17(19,20)11-3-1-10(2-4-11)14-9-21(7-8-25-14)15(22)12-5-6-13(26-12)16(23)24/h1-4,12-14H,5-9H2,(H,23,24)/t12-,13+,14?/m0/s1. The number of ether oxygens (including phenoxy) is 2. The average Bonchev–Trinajstić information content (AvgIpc) is 3.11. The minimum atomic E-state index is -4.41. The summed E-state index contributed by atoms with van der Waals surface area (Å²) in [4.78, 5) is 25.0. The minimum Gasteiger partial charge on any atom is -0.479 e. The number of rotatable bonds is 3. The Morgan fingerprint density at radius 3 is 2.35 bits per heavy atom. The van der Waals surface area contributed by atoms with Crippen molar-refractivity contribution in [1.29, 1.82) is 0 Å². The Bertz CT molecular complexity index is 676. The van der Waals surface area contributed by atoms with Crippen molar-refractivity contribution >= 4 is 11.9 Å². The van der Waals surface area contributed by atoms with E-state index in [0.29, 0.717) is 18.5 Å². The van der Waals surface area contributed by atoms with E-state index in [9.17, 15) is 22.8 Å². The number of carbonyl (C=O) groups excluding carboxylic acids is 1. The normalized spacial score (nSPS) is 26.7. The highest BCUT2D eigenvalue weighted by molar-refractivity contribution is 5.82. The largest absolute Gasteiger partial charge is 0.479 e. The first-order chi connectivity index (χ1) is 12.3. The summed E-state index contributed by atoms with van der Waals surface area (Å²) in [5, 5.41) is 8.94. The molecule has 1 amide bonds. The van der Waals surface area contributed by atoms with Gasteiger partial charge in [0.1, 0.15) is 12.2 Å². The van der Waals surface area contributed by atoms with E-state index in [4.69, 9.17) is 14.6 Å². The number of hydrogen-bond acceptors (Lipinski definition) is 4. The molecule has 1 unspecified atom stereocenters. The molecule has 142 valence electrons. The van der Waals surface area contributed by atoms with Crippen LogP contribution in [0.5, 0.6) is 0 Å². The number of carboxylic acid groups (broad SMARTS) is 1. The molecule has 0 spiro atoms. The molecule has 0 saturated carbocycles. The monoisotopic (exact) mass is 373 g/mol. The molecule has 0 aliphatic carbocycles. The zero-order valence-corrected chi connectivity index (χ0v) is 13.7. The Labute approximate surface area is 147 Å². The highest BCUT2D eigenvalue weighted by Gasteiger charge is 2.38. The Hall–Kier alpha value is -2.13. The fraction of sp³-hybridized carbons (Fsp3) is 0.529. The summed E-state index contributed by atoms with van der Waals surface area (Å²) < 4.78 is 48.8. The third-order valence-electron chi connectivity index (χ3n) is 4.56. The van der Waals surface area contributed by atoms with Gasteiger partial charge >= 0.3 is 12.1 Å². The SMILES string of the molecule is O=C(O)[C@H]1CC[C@@H](C(=O)N2CCOC(c3ccc(C(F)(F)F)cc3)C2)O1. The molecule has 2 heterocycles. The maximum Gasteiger partial charge on any atom is 0.416 e. The first-order valence-electron chi connectivity index (χ1n) is 8.21. The number of alkyl halides is 3. The topological polar surface area (TPSA) is 76.1 Å². The van der Waals surface area contributed by atoms with Crippen LogP contribution in [0.25, 0.3) is 0 Å². The smallest absolute Gasteiger partial charge is 0.416 e. The Morgan fingerprint density at radius 2 is 1.77 bits per heavy atom. The van der Waals surface area contributed by atoms with E-state index in [2.05, 4.69) is 0 Å². The van der Waals surface area contributed by atoms with E-state index in [1.165, 1.54) is 17.0 Å². The molecule has 3 rings (SSSR count). The maximum absolute atomic E-state index is 12.7. The Balaban J connectivity index is 1.64. The van der Waals surface area contributed by atoms with Gasteiger partial charge in [-0.25, -0.2) is 4.79 Å². The molecule has 2 aliphatic rings. The molecule has 0 radical (unpaired) electrons. The molecular formula is C17H18F3NO5. The van der Waals surface area contributed by atoms with Crippen LogP contribution in [0.1, 0.15) is 30.1 Å². The Morgan fingerprint density at radius 1 is 1.12 bits per heavy atom. The molecule has 1 aromatic carbocycles. The second kappa shape index (κ2) is 7.24. The van der Waals surface area contributed by atoms with Gasteiger partial charge in [-0.1, -0.05) is 12.1 Å². The number of aliphatic carboxylic acids is 1. The number of carbonyl (C=O) groups is 2. The summed E-state index contributed by atoms with van der Waals surface area (Å²) in [5.74, 6) is -1.40. The molecule has 2 fully saturated rings. The zero-order valence-electron chi connectivity index (χ0n) is 13.7. The second-order valence-electron chi connectivity index (χ2n) is 6.29. The van der Waals surface area contributed by atoms with Gasteiger partial charge < -0.3 is 19.5 Å². The summed E-state index contributed by atoms with van der Waals surface area (Å²) >= 11 is 0. The van der Waals surface area contributed by atoms with Crippen molar-refractivity contribution in [3.63, 3.8) is 0 Å². The van der Waals surface area contributed by atoms with Gasteiger partial charge in [0.2, 0.25) is 0 Å². The van der Waals surface area contributed by atoms with Crippen molar-refractivity contribution in [3.05, 3.63) is 35.4 Å². The predicted octanol–water partition coefficient (Wildman–Crippen LogP) is 2.24. The quantitative estimate of drug-likeness (QED) is 0.880. The molecule has 1 aromatic rings. The van der Waals surface area contributed by atoms with Gasteiger partial charge in [0.05, 0.1) is 18.7 Å². The number of nitrogens with zero attached hydrogens (tertiary/aromatic N) is 1. The summed E-state index contributed by atoms with van der Waals surface area (Å²) in [6.07, 6.45) is -6.12. The number of carboxylic acids is 1. The van der Waals surface area contributed by atoms with E-state index < -0.39 is 36.0 Å². The van der Waals surface area contributed by atoms with E-state index >= 15 is 0 Å². The lowest BCUT2D eigenvalue weighted by Gasteiger charge is -2.34. The summed E-state index contributed by atoms with van der Waals surface area (Å²) in [6, 6.07) is 4.65. The first kappa shape index (κ1) is 18.7. The van der Waals surface area contributed by atoms with Crippen LogP contribution in [0.15, 0.2) is 24.3 Å². The lowest BCUT2D eigenvalue weighted by Crippen LogP contribution is -2.46. The van der Waals surface area contributed by atoms with E-state index in [1.54, 1.807) is 0 Å². The molecule has 0 aromatic heterocycles. The van der Waals surface area contributed by atoms with Crippen molar-refractivity contribution in [2.24, 2.45) is 0 Å². The van der Waals surface area contributed by atoms with Crippen LogP contribution in [0.4, 0.5) is 13.2 Å². The van der Waals surface area contributed by atoms with Gasteiger partial charge in [0, 0.05) is 6.54 Å². The molecule has 1 N–H and O–H groups in total. The molecule has 3 atom stereocenters. The highest BCUT2D eigenvalue weighted by atomic mass is 19.4. The number of halogens is 3. The lowest BCUT2D eigenvalue weighted by atomic mass is 10.0. The van der Waals surface area contributed by atoms with Crippen LogP contribution in [-0.2, 0) is 25.2 Å². The van der Waals surface area contributed by atoms with Crippen LogP contribution in [0, 0.1) is 0 Å². The zero-order chi connectivity index (χ0) is 18.9. The fourth-order valence-electron chi connectivity index (χ4n) is 3.14. The molecular weight excluding hydrogens is 355 g/mol. The second-order valence-corrected chi connectivity index (χ2v) is 6.29. The summed E-state index contributed by atoms with van der Waals surface area (Å²) in [5.41, 5.74) is -0.199. The minimum absolute atomic E-state index is 0.182. The predicted molar refractivity (Wildman–Crippen MR) is 82.2 cm³/mol. The third kappa shape index (κ3) is 3.99. The summed E-state index contributed by atoms with van der Waals surface area (Å²) in [6.45, 7) is 0.752. The molecule has 0 bridgehead atoms. The van der Waals surface area contributed by atoms with Gasteiger partial charge in [-0.15, -0.1) is 0 Å². The number of morpholine rings is 1. The van der Waals surface area contributed by atoms with Gasteiger partial charge in [0.15, 0.2) is 6.10 Å². The van der Waals surface area contributed by atoms with Crippen molar-refractivity contribution in [3.8, 4) is 0 Å². The molecule has 26 heavy (non-hydrogen) atoms. The van der Waals surface area contributed by atoms with Gasteiger partial charge in [-0.3, -0.25) is 4.79 Å². The van der Waals surface area contributed by atoms with Crippen molar-refractivity contribution in [1.82, 2.24) is 4.90 Å². The lowest BCUT2D eigenvalue weighted by molar-refractivity contribution is -0.158. The summed E-state index contributed by atoms with van der Waals surface area (Å²) in [7, 11) is 0. The van der Waals surface area contributed by atoms with Crippen LogP contribution >= 0.6 is 0 Å². The Kier molecular flexibility index (Phi) is 5.19. The molecule has 2 saturated heterocycles. The first-order valence-corrected chi connectivity index (χ1v) is 8.21.